The van der Waals surface area contributed by atoms with Gasteiger partial charge < -0.3 is 15.1 Å². The third-order valence-electron chi connectivity index (χ3n) is 3.73. The van der Waals surface area contributed by atoms with Crippen molar-refractivity contribution < 1.29 is 4.90 Å². The van der Waals surface area contributed by atoms with E-state index < -0.39 is 0 Å². The van der Waals surface area contributed by atoms with E-state index >= 15 is 0 Å². The average molecular weight is 278 g/mol. The third kappa shape index (κ3) is 3.91. The normalized spacial score (nSPS) is 16.5. The number of aryl methyl sites for hydroxylation is 2. The Labute approximate surface area is 121 Å². The molecule has 1 saturated heterocycles. The van der Waals surface area contributed by atoms with E-state index in [4.69, 9.17) is 12.2 Å². The average Bonchev–Trinajstić information content (AvgIpc) is 2.37. The van der Waals surface area contributed by atoms with Gasteiger partial charge in [-0.25, -0.2) is 0 Å². The van der Waals surface area contributed by atoms with Gasteiger partial charge in [-0.15, -0.1) is 0 Å². The van der Waals surface area contributed by atoms with E-state index in [0.29, 0.717) is 0 Å². The fraction of sp³-hybridized carbons (Fsp3) is 0.533. The van der Waals surface area contributed by atoms with Gasteiger partial charge >= 0.3 is 0 Å². The van der Waals surface area contributed by atoms with Crippen molar-refractivity contribution in [3.63, 3.8) is 0 Å². The molecule has 0 atom stereocenters. The number of anilines is 1. The number of hydrogen-bond acceptors (Lipinski definition) is 1. The van der Waals surface area contributed by atoms with Crippen LogP contribution in [0.25, 0.3) is 0 Å². The molecule has 4 heteroatoms. The molecule has 1 fully saturated rings. The zero-order valence-corrected chi connectivity index (χ0v) is 12.9. The molecule has 1 aliphatic heterocycles. The minimum absolute atomic E-state index is 0.861. The molecule has 0 spiro atoms. The Hall–Kier alpha value is -1.13. The van der Waals surface area contributed by atoms with E-state index in [2.05, 4.69) is 49.2 Å². The predicted octanol–water partition coefficient (Wildman–Crippen LogP) is 1.22. The number of nitrogens with zero attached hydrogens (tertiary/aromatic N) is 1. The van der Waals surface area contributed by atoms with Crippen molar-refractivity contribution >= 4 is 23.0 Å². The molecule has 2 N–H and O–H groups in total. The molecular weight excluding hydrogens is 254 g/mol. The molecule has 0 aromatic heterocycles. The molecule has 2 rings (SSSR count). The van der Waals surface area contributed by atoms with E-state index in [1.165, 1.54) is 30.8 Å². The molecule has 1 aliphatic rings. The van der Waals surface area contributed by atoms with Crippen molar-refractivity contribution in [3.8, 4) is 0 Å². The maximum atomic E-state index is 5.52. The number of rotatable bonds is 2. The van der Waals surface area contributed by atoms with E-state index in [9.17, 15) is 0 Å². The second-order valence-corrected chi connectivity index (χ2v) is 5.78. The van der Waals surface area contributed by atoms with Gasteiger partial charge in [0, 0.05) is 5.69 Å². The number of nitrogens with one attached hydrogen (secondary N) is 2. The molecule has 19 heavy (non-hydrogen) atoms. The lowest BCUT2D eigenvalue weighted by atomic mass is 10.1. The van der Waals surface area contributed by atoms with Gasteiger partial charge in [0.15, 0.2) is 5.11 Å². The standard InChI is InChI=1S/C15H23N3S/c1-4-17-5-7-18(8-6-17)15(19)16-14-10-12(2)9-13(3)11-14/h9-11H,4-8H2,1-3H3,(H,16,19)/p+1. The van der Waals surface area contributed by atoms with Gasteiger partial charge in [-0.05, 0) is 56.2 Å². The van der Waals surface area contributed by atoms with Crippen LogP contribution in [0.3, 0.4) is 0 Å². The fourth-order valence-corrected chi connectivity index (χ4v) is 2.93. The van der Waals surface area contributed by atoms with Gasteiger partial charge in [0.1, 0.15) is 0 Å². The molecule has 1 aromatic carbocycles. The lowest BCUT2D eigenvalue weighted by Crippen LogP contribution is -3.14. The Balaban J connectivity index is 1.94. The monoisotopic (exact) mass is 278 g/mol. The highest BCUT2D eigenvalue weighted by Crippen LogP contribution is 2.14. The number of piperazine rings is 1. The highest BCUT2D eigenvalue weighted by molar-refractivity contribution is 7.80. The number of benzene rings is 1. The van der Waals surface area contributed by atoms with Crippen molar-refractivity contribution in [3.05, 3.63) is 29.3 Å². The van der Waals surface area contributed by atoms with Gasteiger partial charge in [0.25, 0.3) is 0 Å². The quantitative estimate of drug-likeness (QED) is 0.794. The summed E-state index contributed by atoms with van der Waals surface area (Å²) in [4.78, 5) is 3.96. The summed E-state index contributed by atoms with van der Waals surface area (Å²) >= 11 is 5.52. The van der Waals surface area contributed by atoms with Crippen LogP contribution in [0.15, 0.2) is 18.2 Å². The van der Waals surface area contributed by atoms with Crippen LogP contribution in [0.1, 0.15) is 18.1 Å². The fourth-order valence-electron chi connectivity index (χ4n) is 2.63. The van der Waals surface area contributed by atoms with E-state index in [0.717, 1.165) is 23.9 Å². The molecular formula is C15H24N3S+. The van der Waals surface area contributed by atoms with Crippen molar-refractivity contribution in [1.82, 2.24) is 4.90 Å². The van der Waals surface area contributed by atoms with E-state index in [-0.39, 0.29) is 0 Å². The second kappa shape index (κ2) is 6.35. The Bertz CT molecular complexity index is 430. The van der Waals surface area contributed by atoms with Crippen molar-refractivity contribution in [2.45, 2.75) is 20.8 Å². The third-order valence-corrected chi connectivity index (χ3v) is 4.09. The maximum absolute atomic E-state index is 5.52. The summed E-state index contributed by atoms with van der Waals surface area (Å²) in [5.41, 5.74) is 3.64. The van der Waals surface area contributed by atoms with E-state index in [1.807, 2.05) is 0 Å². The topological polar surface area (TPSA) is 19.7 Å². The number of likely N-dealkylation sites (N-methyl/N-ethyl adjacent to an activating group) is 1. The Morgan fingerprint density at radius 1 is 1.21 bits per heavy atom. The summed E-state index contributed by atoms with van der Waals surface area (Å²) in [6.45, 7) is 12.2. The molecule has 1 aromatic rings. The summed E-state index contributed by atoms with van der Waals surface area (Å²) < 4.78 is 0. The number of hydrogen-bond donors (Lipinski definition) is 2. The maximum Gasteiger partial charge on any atom is 0.173 e. The van der Waals surface area contributed by atoms with Crippen LogP contribution in [0, 0.1) is 13.8 Å². The second-order valence-electron chi connectivity index (χ2n) is 5.40. The smallest absolute Gasteiger partial charge is 0.173 e. The Morgan fingerprint density at radius 2 is 1.79 bits per heavy atom. The summed E-state index contributed by atoms with van der Waals surface area (Å²) in [6.07, 6.45) is 0. The summed E-state index contributed by atoms with van der Waals surface area (Å²) in [6, 6.07) is 6.47. The minimum Gasteiger partial charge on any atom is -0.338 e. The predicted molar refractivity (Wildman–Crippen MR) is 84.9 cm³/mol. The van der Waals surface area contributed by atoms with Crippen LogP contribution >= 0.6 is 12.2 Å². The lowest BCUT2D eigenvalue weighted by molar-refractivity contribution is -0.902. The molecule has 0 bridgehead atoms. The summed E-state index contributed by atoms with van der Waals surface area (Å²) in [7, 11) is 0. The minimum atomic E-state index is 0.861. The summed E-state index contributed by atoms with van der Waals surface area (Å²) in [5, 5.41) is 4.24. The first-order valence-corrected chi connectivity index (χ1v) is 7.47. The Kier molecular flexibility index (Phi) is 4.77. The SMILES string of the molecule is CC[NH+]1CCN(C(=S)Nc2cc(C)cc(C)c2)CC1. The molecule has 0 aliphatic carbocycles. The zero-order chi connectivity index (χ0) is 13.8. The first kappa shape index (κ1) is 14.3. The molecule has 0 amide bonds. The van der Waals surface area contributed by atoms with Crippen LogP contribution in [-0.4, -0.2) is 42.7 Å². The highest BCUT2D eigenvalue weighted by Gasteiger charge is 2.20. The van der Waals surface area contributed by atoms with Crippen LogP contribution in [0.4, 0.5) is 5.69 Å². The van der Waals surface area contributed by atoms with Crippen molar-refractivity contribution in [1.29, 1.82) is 0 Å². The van der Waals surface area contributed by atoms with Crippen LogP contribution in [0.2, 0.25) is 0 Å². The number of thiocarbonyl (C=S) groups is 1. The van der Waals surface area contributed by atoms with Gasteiger partial charge in [-0.1, -0.05) is 6.07 Å². The van der Waals surface area contributed by atoms with Gasteiger partial charge in [-0.2, -0.15) is 0 Å². The number of quaternary nitrogens is 1. The van der Waals surface area contributed by atoms with Gasteiger partial charge in [0.05, 0.1) is 32.7 Å². The molecule has 0 radical (unpaired) electrons. The molecule has 0 unspecified atom stereocenters. The van der Waals surface area contributed by atoms with Crippen LogP contribution < -0.4 is 10.2 Å². The molecule has 1 heterocycles. The molecule has 3 nitrogen and oxygen atoms in total. The van der Waals surface area contributed by atoms with Gasteiger partial charge in [-0.3, -0.25) is 0 Å². The van der Waals surface area contributed by atoms with Crippen LogP contribution in [0.5, 0.6) is 0 Å². The van der Waals surface area contributed by atoms with Crippen molar-refractivity contribution in [2.24, 2.45) is 0 Å². The first-order chi connectivity index (χ1) is 9.08. The largest absolute Gasteiger partial charge is 0.338 e. The van der Waals surface area contributed by atoms with Crippen molar-refractivity contribution in [2.75, 3.05) is 38.0 Å². The van der Waals surface area contributed by atoms with Gasteiger partial charge in [0.2, 0.25) is 0 Å². The Morgan fingerprint density at radius 3 is 2.32 bits per heavy atom. The summed E-state index contributed by atoms with van der Waals surface area (Å²) in [5.74, 6) is 0. The molecule has 104 valence electrons. The highest BCUT2D eigenvalue weighted by atomic mass is 32.1. The first-order valence-electron chi connectivity index (χ1n) is 7.06. The van der Waals surface area contributed by atoms with E-state index in [1.54, 1.807) is 4.90 Å². The lowest BCUT2D eigenvalue weighted by Gasteiger charge is -2.33. The zero-order valence-electron chi connectivity index (χ0n) is 12.1. The molecule has 0 saturated carbocycles. The van der Waals surface area contributed by atoms with Crippen LogP contribution in [-0.2, 0) is 0 Å².